The molecule has 0 N–H and O–H groups in total. The van der Waals surface area contributed by atoms with Gasteiger partial charge in [0.05, 0.1) is 29.4 Å². The van der Waals surface area contributed by atoms with E-state index >= 15 is 0 Å². The molecule has 0 radical (unpaired) electrons. The van der Waals surface area contributed by atoms with Crippen LogP contribution in [-0.4, -0.2) is 33.2 Å². The van der Waals surface area contributed by atoms with E-state index in [4.69, 9.17) is 5.26 Å². The van der Waals surface area contributed by atoms with E-state index in [-0.39, 0.29) is 0 Å². The van der Waals surface area contributed by atoms with Crippen molar-refractivity contribution in [2.75, 3.05) is 38.0 Å². The van der Waals surface area contributed by atoms with Crippen LogP contribution in [0.4, 0.5) is 11.4 Å². The molecule has 1 aromatic carbocycles. The largest absolute Gasteiger partial charge is 0.377 e. The van der Waals surface area contributed by atoms with Gasteiger partial charge in [0.15, 0.2) is 0 Å². The second kappa shape index (κ2) is 5.15. The molecule has 4 heteroatoms. The number of fused-ring (bicyclic) bond motifs is 1. The Morgan fingerprint density at radius 1 is 1.11 bits per heavy atom. The van der Waals surface area contributed by atoms with E-state index in [1.54, 1.807) is 0 Å². The lowest BCUT2D eigenvalue weighted by Gasteiger charge is -2.20. The molecule has 1 aromatic heterocycles. The first-order valence-electron chi connectivity index (χ1n) is 6.19. The molecular formula is C15H18N4. The Balaban J connectivity index is 2.79. The number of nitrogens with zero attached hydrogens (tertiary/aromatic N) is 4. The minimum absolute atomic E-state index is 0.332. The number of benzene rings is 1. The molecule has 0 saturated heterocycles. The second-order valence-electron chi connectivity index (χ2n) is 4.93. The lowest BCUT2D eigenvalue weighted by Crippen LogP contribution is -2.13. The van der Waals surface area contributed by atoms with Crippen LogP contribution >= 0.6 is 0 Å². The molecule has 0 spiro atoms. The highest BCUT2D eigenvalue weighted by atomic mass is 15.1. The fourth-order valence-corrected chi connectivity index (χ4v) is 2.17. The standard InChI is InChI=1S/C15H18N4/c1-18(2)13-7-5-6-12-14(19(3)4)10-11(8-9-16)17-15(12)13/h5-7,10H,8H2,1-4H3. The molecule has 0 unspecified atom stereocenters. The van der Waals surface area contributed by atoms with E-state index < -0.39 is 0 Å². The van der Waals surface area contributed by atoms with Gasteiger partial charge in [-0.15, -0.1) is 0 Å². The maximum atomic E-state index is 8.89. The predicted octanol–water partition coefficient (Wildman–Crippen LogP) is 2.43. The summed E-state index contributed by atoms with van der Waals surface area (Å²) < 4.78 is 0. The second-order valence-corrected chi connectivity index (χ2v) is 4.93. The van der Waals surface area contributed by atoms with E-state index in [0.29, 0.717) is 6.42 Å². The quantitative estimate of drug-likeness (QED) is 0.843. The lowest BCUT2D eigenvalue weighted by molar-refractivity contribution is 1.08. The van der Waals surface area contributed by atoms with E-state index in [1.165, 1.54) is 0 Å². The first kappa shape index (κ1) is 13.2. The SMILES string of the molecule is CN(C)c1cc(CC#N)nc2c(N(C)C)cccc12. The third-order valence-corrected chi connectivity index (χ3v) is 3.07. The van der Waals surface area contributed by atoms with Crippen LogP contribution in [0.2, 0.25) is 0 Å². The number of para-hydroxylation sites is 1. The monoisotopic (exact) mass is 254 g/mol. The molecule has 1 heterocycles. The molecule has 0 fully saturated rings. The van der Waals surface area contributed by atoms with Gasteiger partial charge in [-0.3, -0.25) is 0 Å². The zero-order valence-corrected chi connectivity index (χ0v) is 11.8. The maximum Gasteiger partial charge on any atom is 0.0959 e. The van der Waals surface area contributed by atoms with Crippen LogP contribution in [0.1, 0.15) is 5.69 Å². The van der Waals surface area contributed by atoms with Crippen molar-refractivity contribution in [2.45, 2.75) is 6.42 Å². The first-order valence-corrected chi connectivity index (χ1v) is 6.19. The van der Waals surface area contributed by atoms with Gasteiger partial charge in [-0.05, 0) is 12.1 Å². The summed E-state index contributed by atoms with van der Waals surface area (Å²) in [5.41, 5.74) is 3.93. The van der Waals surface area contributed by atoms with Crippen molar-refractivity contribution < 1.29 is 0 Å². The van der Waals surface area contributed by atoms with Crippen LogP contribution in [0, 0.1) is 11.3 Å². The molecule has 0 aliphatic heterocycles. The third kappa shape index (κ3) is 2.45. The Kier molecular flexibility index (Phi) is 3.57. The summed E-state index contributed by atoms with van der Waals surface area (Å²) in [4.78, 5) is 8.74. The summed E-state index contributed by atoms with van der Waals surface area (Å²) >= 11 is 0. The van der Waals surface area contributed by atoms with Crippen LogP contribution < -0.4 is 9.80 Å². The number of anilines is 2. The molecule has 0 aliphatic rings. The van der Waals surface area contributed by atoms with Gasteiger partial charge in [-0.2, -0.15) is 5.26 Å². The molecule has 0 bridgehead atoms. The van der Waals surface area contributed by atoms with Gasteiger partial charge < -0.3 is 9.80 Å². The number of aromatic nitrogens is 1. The van der Waals surface area contributed by atoms with Crippen molar-refractivity contribution >= 4 is 22.3 Å². The minimum atomic E-state index is 0.332. The normalized spacial score (nSPS) is 10.3. The number of hydrogen-bond donors (Lipinski definition) is 0. The van der Waals surface area contributed by atoms with Crippen molar-refractivity contribution in [2.24, 2.45) is 0 Å². The highest BCUT2D eigenvalue weighted by molar-refractivity contribution is 5.99. The van der Waals surface area contributed by atoms with Crippen molar-refractivity contribution in [1.29, 1.82) is 5.26 Å². The number of nitriles is 1. The molecule has 98 valence electrons. The Morgan fingerprint density at radius 2 is 1.79 bits per heavy atom. The Labute approximate surface area is 113 Å². The Bertz CT molecular complexity index is 638. The molecule has 0 amide bonds. The summed E-state index contributed by atoms with van der Waals surface area (Å²) in [5, 5.41) is 9.99. The predicted molar refractivity (Wildman–Crippen MR) is 79.7 cm³/mol. The Morgan fingerprint density at radius 3 is 2.37 bits per heavy atom. The van der Waals surface area contributed by atoms with Gasteiger partial charge in [-0.1, -0.05) is 12.1 Å². The van der Waals surface area contributed by atoms with Gasteiger partial charge in [0.1, 0.15) is 0 Å². The van der Waals surface area contributed by atoms with Gasteiger partial charge in [0.2, 0.25) is 0 Å². The van der Waals surface area contributed by atoms with Crippen LogP contribution in [0.15, 0.2) is 24.3 Å². The van der Waals surface area contributed by atoms with Gasteiger partial charge in [0, 0.05) is 39.3 Å². The topological polar surface area (TPSA) is 43.2 Å². The summed E-state index contributed by atoms with van der Waals surface area (Å²) in [6, 6.07) is 10.3. The average Bonchev–Trinajstić information content (AvgIpc) is 2.37. The van der Waals surface area contributed by atoms with E-state index in [2.05, 4.69) is 22.0 Å². The fraction of sp³-hybridized carbons (Fsp3) is 0.333. The molecule has 2 rings (SSSR count). The van der Waals surface area contributed by atoms with Crippen LogP contribution in [-0.2, 0) is 6.42 Å². The first-order chi connectivity index (χ1) is 9.04. The smallest absolute Gasteiger partial charge is 0.0959 e. The fourth-order valence-electron chi connectivity index (χ4n) is 2.17. The zero-order valence-electron chi connectivity index (χ0n) is 11.8. The molecule has 0 atom stereocenters. The number of hydrogen-bond acceptors (Lipinski definition) is 4. The average molecular weight is 254 g/mol. The van der Waals surface area contributed by atoms with Crippen molar-refractivity contribution in [1.82, 2.24) is 4.98 Å². The van der Waals surface area contributed by atoms with Crippen molar-refractivity contribution in [3.63, 3.8) is 0 Å². The summed E-state index contributed by atoms with van der Waals surface area (Å²) in [5.74, 6) is 0. The highest BCUT2D eigenvalue weighted by Gasteiger charge is 2.11. The molecule has 4 nitrogen and oxygen atoms in total. The highest BCUT2D eigenvalue weighted by Crippen LogP contribution is 2.31. The minimum Gasteiger partial charge on any atom is -0.377 e. The molecule has 2 aromatic rings. The summed E-state index contributed by atoms with van der Waals surface area (Å²) in [6.07, 6.45) is 0.332. The van der Waals surface area contributed by atoms with Gasteiger partial charge in [-0.25, -0.2) is 4.98 Å². The molecular weight excluding hydrogens is 236 g/mol. The van der Waals surface area contributed by atoms with E-state index in [1.807, 2.05) is 51.3 Å². The Hall–Kier alpha value is -2.28. The molecule has 0 aliphatic carbocycles. The zero-order chi connectivity index (χ0) is 14.0. The van der Waals surface area contributed by atoms with Crippen molar-refractivity contribution in [3.05, 3.63) is 30.0 Å². The maximum absolute atomic E-state index is 8.89. The summed E-state index contributed by atoms with van der Waals surface area (Å²) in [6.45, 7) is 0. The molecule has 0 saturated carbocycles. The molecule has 19 heavy (non-hydrogen) atoms. The van der Waals surface area contributed by atoms with Crippen molar-refractivity contribution in [3.8, 4) is 6.07 Å². The lowest BCUT2D eigenvalue weighted by atomic mass is 10.1. The van der Waals surface area contributed by atoms with E-state index in [0.717, 1.165) is 28.0 Å². The number of rotatable bonds is 3. The van der Waals surface area contributed by atoms with Gasteiger partial charge >= 0.3 is 0 Å². The van der Waals surface area contributed by atoms with E-state index in [9.17, 15) is 0 Å². The summed E-state index contributed by atoms with van der Waals surface area (Å²) in [7, 11) is 8.02. The third-order valence-electron chi connectivity index (χ3n) is 3.07. The van der Waals surface area contributed by atoms with Crippen LogP contribution in [0.25, 0.3) is 10.9 Å². The van der Waals surface area contributed by atoms with Crippen LogP contribution in [0.5, 0.6) is 0 Å². The number of pyridine rings is 1. The van der Waals surface area contributed by atoms with Gasteiger partial charge in [0.25, 0.3) is 0 Å². The van der Waals surface area contributed by atoms with Crippen LogP contribution in [0.3, 0.4) is 0 Å².